The topological polar surface area (TPSA) is 49.8 Å². The Hall–Kier alpha value is -2.49. The third kappa shape index (κ3) is 4.49. The molecule has 1 N–H and O–H groups in total. The van der Waals surface area contributed by atoms with Crippen molar-refractivity contribution in [1.29, 1.82) is 0 Å². The van der Waals surface area contributed by atoms with Crippen molar-refractivity contribution >= 4 is 11.7 Å². The summed E-state index contributed by atoms with van der Waals surface area (Å²) < 4.78 is 5.41. The van der Waals surface area contributed by atoms with Gasteiger partial charge in [-0.15, -0.1) is 0 Å². The third-order valence-electron chi connectivity index (χ3n) is 3.78. The summed E-state index contributed by atoms with van der Waals surface area (Å²) in [7, 11) is 3.92. The minimum atomic E-state index is -0.809. The molecule has 122 valence electrons. The second-order valence-electron chi connectivity index (χ2n) is 5.66. The first kappa shape index (κ1) is 16.9. The van der Waals surface area contributed by atoms with Crippen LogP contribution in [-0.4, -0.2) is 31.8 Å². The molecule has 2 aromatic carbocycles. The van der Waals surface area contributed by atoms with Crippen molar-refractivity contribution in [2.45, 2.75) is 19.3 Å². The predicted octanol–water partition coefficient (Wildman–Crippen LogP) is 3.56. The van der Waals surface area contributed by atoms with Crippen LogP contribution in [0.1, 0.15) is 24.0 Å². The fourth-order valence-electron chi connectivity index (χ4n) is 2.48. The highest BCUT2D eigenvalue weighted by Crippen LogP contribution is 2.25. The lowest BCUT2D eigenvalue weighted by atomic mass is 9.92. The maximum absolute atomic E-state index is 11.7. The van der Waals surface area contributed by atoms with Crippen molar-refractivity contribution in [2.24, 2.45) is 0 Å². The number of carboxylic acid groups (broad SMARTS) is 1. The smallest absolute Gasteiger partial charge is 0.311 e. The fraction of sp³-hybridized carbons (Fsp3) is 0.316. The van der Waals surface area contributed by atoms with Gasteiger partial charge in [-0.1, -0.05) is 24.3 Å². The first-order valence-corrected chi connectivity index (χ1v) is 7.73. The highest BCUT2D eigenvalue weighted by Gasteiger charge is 2.20. The van der Waals surface area contributed by atoms with Crippen LogP contribution in [0.5, 0.6) is 5.75 Å². The Morgan fingerprint density at radius 2 is 1.70 bits per heavy atom. The van der Waals surface area contributed by atoms with Crippen molar-refractivity contribution in [3.8, 4) is 5.75 Å². The molecular formula is C19H23NO3. The van der Waals surface area contributed by atoms with Crippen molar-refractivity contribution in [2.75, 3.05) is 25.6 Å². The second-order valence-corrected chi connectivity index (χ2v) is 5.66. The average molecular weight is 313 g/mol. The molecule has 1 unspecified atom stereocenters. The zero-order valence-electron chi connectivity index (χ0n) is 13.8. The van der Waals surface area contributed by atoms with Gasteiger partial charge in [-0.05, 0) is 48.7 Å². The zero-order chi connectivity index (χ0) is 16.8. The van der Waals surface area contributed by atoms with Gasteiger partial charge >= 0.3 is 5.97 Å². The van der Waals surface area contributed by atoms with Crippen LogP contribution in [0.25, 0.3) is 0 Å². The van der Waals surface area contributed by atoms with Crippen molar-refractivity contribution in [1.82, 2.24) is 0 Å². The molecule has 0 aromatic heterocycles. The van der Waals surface area contributed by atoms with E-state index in [9.17, 15) is 9.90 Å². The number of hydrogen-bond acceptors (Lipinski definition) is 3. The van der Waals surface area contributed by atoms with Gasteiger partial charge in [-0.2, -0.15) is 0 Å². The molecule has 4 heteroatoms. The maximum atomic E-state index is 11.7. The minimum Gasteiger partial charge on any atom is -0.494 e. The van der Waals surface area contributed by atoms with Gasteiger partial charge in [-0.25, -0.2) is 0 Å². The lowest BCUT2D eigenvalue weighted by molar-refractivity contribution is -0.138. The predicted molar refractivity (Wildman–Crippen MR) is 92.5 cm³/mol. The summed E-state index contributed by atoms with van der Waals surface area (Å²) in [6, 6.07) is 15.3. The van der Waals surface area contributed by atoms with E-state index in [1.54, 1.807) is 0 Å². The van der Waals surface area contributed by atoms with E-state index in [2.05, 4.69) is 0 Å². The van der Waals surface area contributed by atoms with Crippen LogP contribution in [0, 0.1) is 0 Å². The van der Waals surface area contributed by atoms with Crippen LogP contribution in [0.2, 0.25) is 0 Å². The lowest BCUT2D eigenvalue weighted by Gasteiger charge is -2.16. The summed E-state index contributed by atoms with van der Waals surface area (Å²) in [6.45, 7) is 2.56. The number of carbonyl (C=O) groups is 1. The molecule has 4 nitrogen and oxygen atoms in total. The average Bonchev–Trinajstić information content (AvgIpc) is 2.54. The maximum Gasteiger partial charge on any atom is 0.311 e. The summed E-state index contributed by atoms with van der Waals surface area (Å²) in [4.78, 5) is 13.6. The summed E-state index contributed by atoms with van der Waals surface area (Å²) in [5.74, 6) is -0.556. The van der Waals surface area contributed by atoms with Crippen molar-refractivity contribution < 1.29 is 14.6 Å². The molecular weight excluding hydrogens is 290 g/mol. The molecule has 0 radical (unpaired) electrons. The van der Waals surface area contributed by atoms with E-state index in [1.807, 2.05) is 74.4 Å². The minimum absolute atomic E-state index is 0.461. The first-order valence-electron chi connectivity index (χ1n) is 7.73. The van der Waals surface area contributed by atoms with Gasteiger partial charge in [-0.3, -0.25) is 4.79 Å². The molecule has 2 rings (SSSR count). The molecule has 0 fully saturated rings. The molecule has 0 aliphatic heterocycles. The molecule has 0 saturated carbocycles. The van der Waals surface area contributed by atoms with Crippen LogP contribution in [0.3, 0.4) is 0 Å². The second kappa shape index (κ2) is 7.68. The number of ether oxygens (including phenoxy) is 1. The summed E-state index contributed by atoms with van der Waals surface area (Å²) in [5, 5.41) is 9.57. The fourth-order valence-corrected chi connectivity index (χ4v) is 2.48. The Morgan fingerprint density at radius 1 is 1.09 bits per heavy atom. The number of nitrogens with zero attached hydrogens (tertiary/aromatic N) is 1. The Bertz CT molecular complexity index is 633. The molecule has 2 aromatic rings. The molecule has 0 bridgehead atoms. The van der Waals surface area contributed by atoms with Gasteiger partial charge < -0.3 is 14.7 Å². The number of benzene rings is 2. The van der Waals surface area contributed by atoms with E-state index in [1.165, 1.54) is 0 Å². The molecule has 23 heavy (non-hydrogen) atoms. The highest BCUT2D eigenvalue weighted by atomic mass is 16.5. The van der Waals surface area contributed by atoms with Crippen molar-refractivity contribution in [3.05, 3.63) is 59.7 Å². The van der Waals surface area contributed by atoms with E-state index < -0.39 is 11.9 Å². The van der Waals surface area contributed by atoms with Gasteiger partial charge in [0.15, 0.2) is 0 Å². The number of anilines is 1. The summed E-state index contributed by atoms with van der Waals surface area (Å²) in [5.41, 5.74) is 2.86. The highest BCUT2D eigenvalue weighted by molar-refractivity contribution is 5.76. The van der Waals surface area contributed by atoms with Gasteiger partial charge in [0.2, 0.25) is 0 Å². The van der Waals surface area contributed by atoms with E-state index in [4.69, 9.17) is 4.74 Å². The van der Waals surface area contributed by atoms with Gasteiger partial charge in [0.05, 0.1) is 12.5 Å². The quantitative estimate of drug-likeness (QED) is 0.849. The molecule has 0 aliphatic rings. The van der Waals surface area contributed by atoms with Crippen molar-refractivity contribution in [3.63, 3.8) is 0 Å². The first-order chi connectivity index (χ1) is 11.0. The monoisotopic (exact) mass is 313 g/mol. The Balaban J connectivity index is 2.16. The van der Waals surface area contributed by atoms with Crippen LogP contribution in [0.4, 0.5) is 5.69 Å². The zero-order valence-corrected chi connectivity index (χ0v) is 13.8. The Morgan fingerprint density at radius 3 is 2.17 bits per heavy atom. The van der Waals surface area contributed by atoms with E-state index in [-0.39, 0.29) is 0 Å². The number of hydrogen-bond donors (Lipinski definition) is 1. The number of aliphatic carboxylic acids is 1. The van der Waals surface area contributed by atoms with Crippen LogP contribution >= 0.6 is 0 Å². The molecule has 1 atom stereocenters. The Labute approximate surface area is 137 Å². The lowest BCUT2D eigenvalue weighted by Crippen LogP contribution is -2.15. The largest absolute Gasteiger partial charge is 0.494 e. The number of rotatable bonds is 7. The summed E-state index contributed by atoms with van der Waals surface area (Å²) in [6.07, 6.45) is 0.461. The standard InChI is InChI=1S/C19H23NO3/c1-4-23-17-11-5-14(6-12-17)13-18(19(21)22)15-7-9-16(10-8-15)20(2)3/h5-12,18H,4,13H2,1-3H3,(H,21,22). The Kier molecular flexibility index (Phi) is 5.63. The molecule has 0 aliphatic carbocycles. The van der Waals surface area contributed by atoms with E-state index in [0.29, 0.717) is 13.0 Å². The molecule has 0 amide bonds. The van der Waals surface area contributed by atoms with Gasteiger partial charge in [0, 0.05) is 19.8 Å². The van der Waals surface area contributed by atoms with Crippen LogP contribution in [-0.2, 0) is 11.2 Å². The molecule has 0 heterocycles. The normalized spacial score (nSPS) is 11.8. The molecule has 0 saturated heterocycles. The van der Waals surface area contributed by atoms with Crippen LogP contribution in [0.15, 0.2) is 48.5 Å². The van der Waals surface area contributed by atoms with Gasteiger partial charge in [0.1, 0.15) is 5.75 Å². The number of carboxylic acids is 1. The summed E-state index contributed by atoms with van der Waals surface area (Å²) >= 11 is 0. The van der Waals surface area contributed by atoms with Crippen LogP contribution < -0.4 is 9.64 Å². The SMILES string of the molecule is CCOc1ccc(CC(C(=O)O)c2ccc(N(C)C)cc2)cc1. The van der Waals surface area contributed by atoms with Gasteiger partial charge in [0.25, 0.3) is 0 Å². The third-order valence-corrected chi connectivity index (χ3v) is 3.78. The molecule has 0 spiro atoms. The van der Waals surface area contributed by atoms with E-state index in [0.717, 1.165) is 22.6 Å². The van der Waals surface area contributed by atoms with E-state index >= 15 is 0 Å².